The summed E-state index contributed by atoms with van der Waals surface area (Å²) in [6.45, 7) is 4.26. The zero-order chi connectivity index (χ0) is 19.3. The van der Waals surface area contributed by atoms with Crippen LogP contribution in [0.15, 0.2) is 36.4 Å². The molecule has 0 aliphatic rings. The zero-order valence-corrected chi connectivity index (χ0v) is 17.1. The third-order valence-corrected chi connectivity index (χ3v) is 4.74. The van der Waals surface area contributed by atoms with E-state index in [4.69, 9.17) is 40.2 Å². The molecular weight excluding hydrogens is 391 g/mol. The standard InChI is InChI=1S/C19H20Cl2N2O2S/c1-4-11(2)13-7-5-6-8-16(13)22-19(26)23-18(24)14-9-12(20)10-15(21)17(14)25-3/h5-11H,4H2,1-3H3,(H2,22,23,24,26)/t11-/m0/s1. The number of carbonyl (C=O) groups excluding carboxylic acids is 1. The highest BCUT2D eigenvalue weighted by atomic mass is 35.5. The Morgan fingerprint density at radius 3 is 2.62 bits per heavy atom. The molecule has 0 heterocycles. The molecule has 1 atom stereocenters. The van der Waals surface area contributed by atoms with Crippen LogP contribution in [0, 0.1) is 0 Å². The highest BCUT2D eigenvalue weighted by Crippen LogP contribution is 2.32. The first kappa shape index (κ1) is 20.5. The second-order valence-corrected chi connectivity index (χ2v) is 7.03. The van der Waals surface area contributed by atoms with Gasteiger partial charge in [-0.2, -0.15) is 0 Å². The van der Waals surface area contributed by atoms with Gasteiger partial charge in [-0.3, -0.25) is 10.1 Å². The number of hydrogen-bond acceptors (Lipinski definition) is 3. The van der Waals surface area contributed by atoms with Crippen LogP contribution in [0.25, 0.3) is 0 Å². The van der Waals surface area contributed by atoms with E-state index in [9.17, 15) is 4.79 Å². The van der Waals surface area contributed by atoms with Gasteiger partial charge in [0.25, 0.3) is 5.91 Å². The monoisotopic (exact) mass is 410 g/mol. The summed E-state index contributed by atoms with van der Waals surface area (Å²) in [6.07, 6.45) is 0.996. The third kappa shape index (κ3) is 4.87. The average molecular weight is 411 g/mol. The first-order valence-electron chi connectivity index (χ1n) is 8.11. The first-order valence-corrected chi connectivity index (χ1v) is 9.28. The molecule has 26 heavy (non-hydrogen) atoms. The lowest BCUT2D eigenvalue weighted by Gasteiger charge is -2.17. The number of amides is 1. The maximum Gasteiger partial charge on any atom is 0.261 e. The maximum absolute atomic E-state index is 12.6. The van der Waals surface area contributed by atoms with E-state index in [-0.39, 0.29) is 21.4 Å². The number of nitrogens with one attached hydrogen (secondary N) is 2. The number of halogens is 2. The molecule has 138 valence electrons. The number of benzene rings is 2. The molecule has 0 aliphatic heterocycles. The fraction of sp³-hybridized carbons (Fsp3) is 0.263. The van der Waals surface area contributed by atoms with Gasteiger partial charge >= 0.3 is 0 Å². The van der Waals surface area contributed by atoms with Crippen LogP contribution in [0.3, 0.4) is 0 Å². The lowest BCUT2D eigenvalue weighted by molar-refractivity contribution is 0.0975. The minimum absolute atomic E-state index is 0.184. The number of para-hydroxylation sites is 1. The fourth-order valence-corrected chi connectivity index (χ4v) is 3.29. The van der Waals surface area contributed by atoms with Crippen LogP contribution in [-0.2, 0) is 0 Å². The molecule has 2 N–H and O–H groups in total. The van der Waals surface area contributed by atoms with E-state index in [0.29, 0.717) is 10.9 Å². The molecule has 1 amide bonds. The van der Waals surface area contributed by atoms with Gasteiger partial charge in [-0.05, 0) is 48.3 Å². The minimum atomic E-state index is -0.454. The Morgan fingerprint density at radius 1 is 1.27 bits per heavy atom. The maximum atomic E-state index is 12.6. The van der Waals surface area contributed by atoms with Gasteiger partial charge < -0.3 is 10.1 Å². The summed E-state index contributed by atoms with van der Waals surface area (Å²) >= 11 is 17.4. The van der Waals surface area contributed by atoms with Crippen molar-refractivity contribution in [3.63, 3.8) is 0 Å². The molecule has 2 aromatic rings. The van der Waals surface area contributed by atoms with Crippen molar-refractivity contribution in [1.82, 2.24) is 5.32 Å². The van der Waals surface area contributed by atoms with Crippen LogP contribution in [0.2, 0.25) is 10.0 Å². The molecule has 0 saturated carbocycles. The van der Waals surface area contributed by atoms with Gasteiger partial charge in [-0.25, -0.2) is 0 Å². The summed E-state index contributed by atoms with van der Waals surface area (Å²) in [5.74, 6) is 0.158. The Morgan fingerprint density at radius 2 is 1.96 bits per heavy atom. The molecule has 2 rings (SSSR count). The SMILES string of the molecule is CC[C@H](C)c1ccccc1NC(=S)NC(=O)c1cc(Cl)cc(Cl)c1OC. The van der Waals surface area contributed by atoms with Gasteiger partial charge in [0.15, 0.2) is 5.11 Å². The quantitative estimate of drug-likeness (QED) is 0.625. The van der Waals surface area contributed by atoms with E-state index < -0.39 is 5.91 Å². The van der Waals surface area contributed by atoms with E-state index in [2.05, 4.69) is 24.5 Å². The van der Waals surface area contributed by atoms with Crippen molar-refractivity contribution in [2.45, 2.75) is 26.2 Å². The van der Waals surface area contributed by atoms with E-state index in [1.807, 2.05) is 24.3 Å². The topological polar surface area (TPSA) is 50.4 Å². The Balaban J connectivity index is 2.18. The van der Waals surface area contributed by atoms with Crippen molar-refractivity contribution in [2.24, 2.45) is 0 Å². The van der Waals surface area contributed by atoms with Crippen molar-refractivity contribution >= 4 is 52.1 Å². The predicted molar refractivity (Wildman–Crippen MR) is 112 cm³/mol. The van der Waals surface area contributed by atoms with Crippen LogP contribution in [0.4, 0.5) is 5.69 Å². The van der Waals surface area contributed by atoms with Crippen molar-refractivity contribution in [3.8, 4) is 5.75 Å². The van der Waals surface area contributed by atoms with Gasteiger partial charge in [0.05, 0.1) is 17.7 Å². The lowest BCUT2D eigenvalue weighted by atomic mass is 9.97. The summed E-state index contributed by atoms with van der Waals surface area (Å²) < 4.78 is 5.20. The van der Waals surface area contributed by atoms with Crippen molar-refractivity contribution in [1.29, 1.82) is 0 Å². The van der Waals surface area contributed by atoms with Crippen LogP contribution in [-0.4, -0.2) is 18.1 Å². The number of ether oxygens (including phenoxy) is 1. The number of carbonyl (C=O) groups is 1. The van der Waals surface area contributed by atoms with E-state index in [1.165, 1.54) is 19.2 Å². The Hall–Kier alpha value is -1.82. The molecule has 0 bridgehead atoms. The van der Waals surface area contributed by atoms with Gasteiger partial charge in [-0.15, -0.1) is 0 Å². The van der Waals surface area contributed by atoms with E-state index >= 15 is 0 Å². The number of anilines is 1. The lowest BCUT2D eigenvalue weighted by Crippen LogP contribution is -2.34. The van der Waals surface area contributed by atoms with E-state index in [1.54, 1.807) is 0 Å². The molecule has 2 aromatic carbocycles. The molecule has 0 aromatic heterocycles. The van der Waals surface area contributed by atoms with Crippen LogP contribution >= 0.6 is 35.4 Å². The second kappa shape index (κ2) is 9.21. The molecule has 0 spiro atoms. The van der Waals surface area contributed by atoms with Gasteiger partial charge in [0.1, 0.15) is 5.75 Å². The van der Waals surface area contributed by atoms with E-state index in [0.717, 1.165) is 17.7 Å². The Labute approximate surface area is 168 Å². The number of methoxy groups -OCH3 is 1. The van der Waals surface area contributed by atoms with Crippen molar-refractivity contribution < 1.29 is 9.53 Å². The summed E-state index contributed by atoms with van der Waals surface area (Å²) in [6, 6.07) is 10.9. The fourth-order valence-electron chi connectivity index (χ4n) is 2.52. The molecule has 4 nitrogen and oxygen atoms in total. The molecule has 7 heteroatoms. The molecule has 0 unspecified atom stereocenters. The number of rotatable bonds is 5. The Bertz CT molecular complexity index is 827. The highest BCUT2D eigenvalue weighted by Gasteiger charge is 2.18. The highest BCUT2D eigenvalue weighted by molar-refractivity contribution is 7.80. The minimum Gasteiger partial charge on any atom is -0.494 e. The van der Waals surface area contributed by atoms with Crippen LogP contribution < -0.4 is 15.4 Å². The first-order chi connectivity index (χ1) is 12.4. The van der Waals surface area contributed by atoms with Gasteiger partial charge in [-0.1, -0.05) is 55.2 Å². The third-order valence-electron chi connectivity index (χ3n) is 4.04. The largest absolute Gasteiger partial charge is 0.494 e. The van der Waals surface area contributed by atoms with Gasteiger partial charge in [0.2, 0.25) is 0 Å². The van der Waals surface area contributed by atoms with Crippen molar-refractivity contribution in [3.05, 3.63) is 57.6 Å². The smallest absolute Gasteiger partial charge is 0.261 e. The molecule has 0 saturated heterocycles. The summed E-state index contributed by atoms with van der Waals surface area (Å²) in [5.41, 5.74) is 2.21. The summed E-state index contributed by atoms with van der Waals surface area (Å²) in [4.78, 5) is 12.6. The van der Waals surface area contributed by atoms with Gasteiger partial charge in [0, 0.05) is 10.7 Å². The van der Waals surface area contributed by atoms with Crippen LogP contribution in [0.5, 0.6) is 5.75 Å². The predicted octanol–water partition coefficient (Wildman–Crippen LogP) is 5.64. The summed E-state index contributed by atoms with van der Waals surface area (Å²) in [7, 11) is 1.44. The molecule has 0 aliphatic carbocycles. The van der Waals surface area contributed by atoms with Crippen LogP contribution in [0.1, 0.15) is 42.1 Å². The Kier molecular flexibility index (Phi) is 7.26. The number of thiocarbonyl (C=S) groups is 1. The summed E-state index contributed by atoms with van der Waals surface area (Å²) in [5, 5.41) is 6.50. The molecule has 0 fully saturated rings. The molecule has 0 radical (unpaired) electrons. The van der Waals surface area contributed by atoms with Crippen molar-refractivity contribution in [2.75, 3.05) is 12.4 Å². The second-order valence-electron chi connectivity index (χ2n) is 5.77. The normalized spacial score (nSPS) is 11.6. The average Bonchev–Trinajstić information content (AvgIpc) is 2.60. The molecular formula is C19H20Cl2N2O2S. The zero-order valence-electron chi connectivity index (χ0n) is 14.7. The number of hydrogen-bond donors (Lipinski definition) is 2.